The number of halogens is 2. The van der Waals surface area contributed by atoms with Gasteiger partial charge in [-0.05, 0) is 17.7 Å². The molecule has 1 aromatic rings. The highest BCUT2D eigenvalue weighted by atomic mass is 19.1. The van der Waals surface area contributed by atoms with Gasteiger partial charge >= 0.3 is 5.97 Å². The lowest BCUT2D eigenvalue weighted by atomic mass is 10.2. The molecule has 92 valence electrons. The van der Waals surface area contributed by atoms with Gasteiger partial charge in [0.05, 0.1) is 6.61 Å². The van der Waals surface area contributed by atoms with Crippen molar-refractivity contribution in [2.24, 2.45) is 5.73 Å². The van der Waals surface area contributed by atoms with Crippen molar-refractivity contribution in [3.63, 3.8) is 0 Å². The Balaban J connectivity index is 2.23. The molecule has 1 saturated heterocycles. The van der Waals surface area contributed by atoms with Crippen LogP contribution >= 0.6 is 0 Å². The molecule has 1 atom stereocenters. The maximum Gasteiger partial charge on any atom is 0.347 e. The third-order valence-electron chi connectivity index (χ3n) is 2.44. The summed E-state index contributed by atoms with van der Waals surface area (Å²) < 4.78 is 36.6. The van der Waals surface area contributed by atoms with Gasteiger partial charge in [-0.25, -0.2) is 13.6 Å². The summed E-state index contributed by atoms with van der Waals surface area (Å²) in [5.74, 6) is -2.91. The van der Waals surface area contributed by atoms with Gasteiger partial charge in [0.1, 0.15) is 0 Å². The van der Waals surface area contributed by atoms with Crippen LogP contribution in [-0.2, 0) is 16.1 Å². The van der Waals surface area contributed by atoms with Crippen LogP contribution in [0.2, 0.25) is 0 Å². The topological polar surface area (TPSA) is 61.6 Å². The SMILES string of the molecule is NCc1cc(F)c(OC2CCOC2=O)c(F)c1. The van der Waals surface area contributed by atoms with Crippen molar-refractivity contribution in [3.05, 3.63) is 29.3 Å². The summed E-state index contributed by atoms with van der Waals surface area (Å²) in [5, 5.41) is 0. The molecule has 1 aliphatic heterocycles. The van der Waals surface area contributed by atoms with Gasteiger partial charge in [0.15, 0.2) is 23.5 Å². The molecule has 0 aliphatic carbocycles. The number of cyclic esters (lactones) is 1. The lowest BCUT2D eigenvalue weighted by Gasteiger charge is -2.12. The smallest absolute Gasteiger partial charge is 0.347 e. The molecule has 0 saturated carbocycles. The molecule has 0 amide bonds. The third-order valence-corrected chi connectivity index (χ3v) is 2.44. The summed E-state index contributed by atoms with van der Waals surface area (Å²) in [6.45, 7) is 0.229. The first-order chi connectivity index (χ1) is 8.11. The highest BCUT2D eigenvalue weighted by molar-refractivity contribution is 5.76. The third kappa shape index (κ3) is 2.36. The Hall–Kier alpha value is -1.69. The van der Waals surface area contributed by atoms with Crippen molar-refractivity contribution in [2.75, 3.05) is 6.61 Å². The number of carbonyl (C=O) groups is 1. The van der Waals surface area contributed by atoms with E-state index >= 15 is 0 Å². The second kappa shape index (κ2) is 4.67. The quantitative estimate of drug-likeness (QED) is 0.808. The van der Waals surface area contributed by atoms with Crippen LogP contribution in [0.1, 0.15) is 12.0 Å². The number of rotatable bonds is 3. The fourth-order valence-electron chi connectivity index (χ4n) is 1.57. The van der Waals surface area contributed by atoms with Crippen LogP contribution in [0, 0.1) is 11.6 Å². The van der Waals surface area contributed by atoms with Gasteiger partial charge < -0.3 is 15.2 Å². The molecule has 0 aromatic heterocycles. The van der Waals surface area contributed by atoms with Crippen molar-refractivity contribution >= 4 is 5.97 Å². The van der Waals surface area contributed by atoms with Crippen molar-refractivity contribution in [1.29, 1.82) is 0 Å². The maximum atomic E-state index is 13.5. The van der Waals surface area contributed by atoms with Gasteiger partial charge in [-0.3, -0.25) is 0 Å². The molecule has 1 unspecified atom stereocenters. The average molecular weight is 243 g/mol. The van der Waals surface area contributed by atoms with Crippen LogP contribution < -0.4 is 10.5 Å². The van der Waals surface area contributed by atoms with Crippen LogP contribution in [0.15, 0.2) is 12.1 Å². The number of nitrogens with two attached hydrogens (primary N) is 1. The standard InChI is InChI=1S/C11H11F2NO3/c12-7-3-6(5-14)4-8(13)10(7)17-9-1-2-16-11(9)15/h3-4,9H,1-2,5,14H2. The average Bonchev–Trinajstić information content (AvgIpc) is 2.69. The number of hydrogen-bond donors (Lipinski definition) is 1. The molecule has 17 heavy (non-hydrogen) atoms. The number of hydrogen-bond acceptors (Lipinski definition) is 4. The highest BCUT2D eigenvalue weighted by Crippen LogP contribution is 2.26. The Kier molecular flexibility index (Phi) is 3.23. The van der Waals surface area contributed by atoms with E-state index in [1.807, 2.05) is 0 Å². The van der Waals surface area contributed by atoms with E-state index in [2.05, 4.69) is 4.74 Å². The minimum Gasteiger partial charge on any atom is -0.472 e. The molecule has 0 spiro atoms. The molecule has 2 N–H and O–H groups in total. The summed E-state index contributed by atoms with van der Waals surface area (Å²) in [4.78, 5) is 11.1. The van der Waals surface area contributed by atoms with Crippen molar-refractivity contribution in [1.82, 2.24) is 0 Å². The van der Waals surface area contributed by atoms with Crippen LogP contribution in [-0.4, -0.2) is 18.7 Å². The Labute approximate surface area is 96.3 Å². The molecule has 2 rings (SSSR count). The number of benzene rings is 1. The highest BCUT2D eigenvalue weighted by Gasteiger charge is 2.30. The van der Waals surface area contributed by atoms with E-state index in [1.54, 1.807) is 0 Å². The summed E-state index contributed by atoms with van der Waals surface area (Å²) in [7, 11) is 0. The molecular formula is C11H11F2NO3. The Morgan fingerprint density at radius 2 is 2.06 bits per heavy atom. The van der Waals surface area contributed by atoms with Gasteiger partial charge in [0.2, 0.25) is 0 Å². The fraction of sp³-hybridized carbons (Fsp3) is 0.364. The molecule has 4 nitrogen and oxygen atoms in total. The monoisotopic (exact) mass is 243 g/mol. The number of ether oxygens (including phenoxy) is 2. The lowest BCUT2D eigenvalue weighted by molar-refractivity contribution is -0.143. The fourth-order valence-corrected chi connectivity index (χ4v) is 1.57. The largest absolute Gasteiger partial charge is 0.472 e. The van der Waals surface area contributed by atoms with Gasteiger partial charge in [-0.2, -0.15) is 0 Å². The van der Waals surface area contributed by atoms with E-state index in [9.17, 15) is 13.6 Å². The van der Waals surface area contributed by atoms with Gasteiger partial charge in [-0.15, -0.1) is 0 Å². The minimum absolute atomic E-state index is 0.0274. The zero-order chi connectivity index (χ0) is 12.4. The minimum atomic E-state index is -0.942. The summed E-state index contributed by atoms with van der Waals surface area (Å²) in [6.07, 6.45) is -0.654. The molecule has 1 aromatic carbocycles. The van der Waals surface area contributed by atoms with E-state index in [0.717, 1.165) is 12.1 Å². The van der Waals surface area contributed by atoms with E-state index in [0.29, 0.717) is 5.56 Å². The van der Waals surface area contributed by atoms with Gasteiger partial charge in [0, 0.05) is 13.0 Å². The zero-order valence-electron chi connectivity index (χ0n) is 8.91. The summed E-state index contributed by atoms with van der Waals surface area (Å²) >= 11 is 0. The van der Waals surface area contributed by atoms with E-state index in [4.69, 9.17) is 10.5 Å². The normalized spacial score (nSPS) is 19.2. The van der Waals surface area contributed by atoms with Crippen molar-refractivity contribution in [2.45, 2.75) is 19.1 Å². The van der Waals surface area contributed by atoms with Crippen LogP contribution in [0.3, 0.4) is 0 Å². The van der Waals surface area contributed by atoms with E-state index in [-0.39, 0.29) is 19.6 Å². The second-order valence-electron chi connectivity index (χ2n) is 3.66. The Bertz CT molecular complexity index is 427. The van der Waals surface area contributed by atoms with Gasteiger partial charge in [-0.1, -0.05) is 0 Å². The molecule has 0 radical (unpaired) electrons. The van der Waals surface area contributed by atoms with Crippen molar-refractivity contribution < 1.29 is 23.0 Å². The van der Waals surface area contributed by atoms with Gasteiger partial charge in [0.25, 0.3) is 0 Å². The molecule has 1 heterocycles. The second-order valence-corrected chi connectivity index (χ2v) is 3.66. The Morgan fingerprint density at radius 1 is 1.41 bits per heavy atom. The zero-order valence-corrected chi connectivity index (χ0v) is 8.91. The van der Waals surface area contributed by atoms with E-state index < -0.39 is 29.5 Å². The van der Waals surface area contributed by atoms with Crippen LogP contribution in [0.5, 0.6) is 5.75 Å². The predicted octanol–water partition coefficient (Wildman–Crippen LogP) is 1.12. The predicted molar refractivity (Wildman–Crippen MR) is 54.2 cm³/mol. The summed E-state index contributed by atoms with van der Waals surface area (Å²) in [5.41, 5.74) is 5.60. The number of esters is 1. The summed E-state index contributed by atoms with van der Waals surface area (Å²) in [6, 6.07) is 2.16. The molecule has 1 fully saturated rings. The van der Waals surface area contributed by atoms with Crippen molar-refractivity contribution in [3.8, 4) is 5.75 Å². The number of carbonyl (C=O) groups excluding carboxylic acids is 1. The van der Waals surface area contributed by atoms with Crippen LogP contribution in [0.4, 0.5) is 8.78 Å². The first-order valence-electron chi connectivity index (χ1n) is 5.13. The Morgan fingerprint density at radius 3 is 2.53 bits per heavy atom. The first kappa shape index (κ1) is 11.8. The molecule has 1 aliphatic rings. The van der Waals surface area contributed by atoms with E-state index in [1.165, 1.54) is 0 Å². The maximum absolute atomic E-state index is 13.5. The lowest BCUT2D eigenvalue weighted by Crippen LogP contribution is -2.23. The molecular weight excluding hydrogens is 232 g/mol. The molecule has 6 heteroatoms. The molecule has 0 bridgehead atoms. The van der Waals surface area contributed by atoms with Crippen LogP contribution in [0.25, 0.3) is 0 Å². The first-order valence-corrected chi connectivity index (χ1v) is 5.13.